The van der Waals surface area contributed by atoms with Gasteiger partial charge in [0.1, 0.15) is 17.4 Å². The standard InChI is InChI=1S/C22H16F2N2O/c1-13-6-15(4-5-25-13)22-12-20(27)10-17-7-14(2-3-21(17)26-22)16-8-18(23)11-19(24)9-16/h2-9,11H,10,12H2,1H3. The third-order valence-corrected chi connectivity index (χ3v) is 4.51. The molecule has 0 bridgehead atoms. The van der Waals surface area contributed by atoms with E-state index < -0.39 is 11.6 Å². The number of aromatic nitrogens is 1. The van der Waals surface area contributed by atoms with Crippen molar-refractivity contribution >= 4 is 17.2 Å². The number of aliphatic imine (C=N–C) groups is 1. The summed E-state index contributed by atoms with van der Waals surface area (Å²) in [5.74, 6) is -1.22. The summed E-state index contributed by atoms with van der Waals surface area (Å²) < 4.78 is 27.1. The molecule has 0 saturated carbocycles. The zero-order valence-electron chi connectivity index (χ0n) is 14.7. The number of hydrogen-bond acceptors (Lipinski definition) is 3. The molecule has 1 aromatic heterocycles. The third kappa shape index (κ3) is 3.67. The maximum atomic E-state index is 13.5. The maximum Gasteiger partial charge on any atom is 0.143 e. The van der Waals surface area contributed by atoms with Gasteiger partial charge in [-0.05, 0) is 65.6 Å². The van der Waals surface area contributed by atoms with E-state index in [-0.39, 0.29) is 18.6 Å². The Labute approximate surface area is 155 Å². The van der Waals surface area contributed by atoms with Gasteiger partial charge in [-0.1, -0.05) is 6.07 Å². The predicted octanol–water partition coefficient (Wildman–Crippen LogP) is 4.97. The number of carbonyl (C=O) groups excluding carboxylic acids is 1. The zero-order chi connectivity index (χ0) is 19.0. The van der Waals surface area contributed by atoms with E-state index in [4.69, 9.17) is 4.99 Å². The second kappa shape index (κ2) is 6.83. The van der Waals surface area contributed by atoms with Gasteiger partial charge in [-0.3, -0.25) is 14.8 Å². The van der Waals surface area contributed by atoms with Gasteiger partial charge < -0.3 is 0 Å². The molecule has 0 radical (unpaired) electrons. The molecular formula is C22H16F2N2O. The summed E-state index contributed by atoms with van der Waals surface area (Å²) in [6.45, 7) is 1.89. The number of fused-ring (bicyclic) bond motifs is 1. The lowest BCUT2D eigenvalue weighted by Crippen LogP contribution is -2.09. The fourth-order valence-electron chi connectivity index (χ4n) is 3.27. The molecule has 0 N–H and O–H groups in total. The molecule has 0 amide bonds. The van der Waals surface area contributed by atoms with E-state index >= 15 is 0 Å². The van der Waals surface area contributed by atoms with Crippen molar-refractivity contribution < 1.29 is 13.6 Å². The smallest absolute Gasteiger partial charge is 0.143 e. The Morgan fingerprint density at radius 2 is 1.63 bits per heavy atom. The Kier molecular flexibility index (Phi) is 4.36. The number of rotatable bonds is 2. The molecule has 0 fully saturated rings. The Hall–Kier alpha value is -3.21. The first kappa shape index (κ1) is 17.2. The quantitative estimate of drug-likeness (QED) is 0.646. The number of ketones is 1. The van der Waals surface area contributed by atoms with Crippen molar-refractivity contribution in [3.63, 3.8) is 0 Å². The first-order valence-electron chi connectivity index (χ1n) is 8.59. The molecule has 0 atom stereocenters. The Morgan fingerprint density at radius 3 is 2.37 bits per heavy atom. The van der Waals surface area contributed by atoms with Gasteiger partial charge in [-0.15, -0.1) is 0 Å². The second-order valence-corrected chi connectivity index (χ2v) is 6.64. The van der Waals surface area contributed by atoms with Crippen LogP contribution < -0.4 is 0 Å². The fourth-order valence-corrected chi connectivity index (χ4v) is 3.27. The highest BCUT2D eigenvalue weighted by molar-refractivity contribution is 6.13. The van der Waals surface area contributed by atoms with E-state index in [1.165, 1.54) is 12.1 Å². The first-order valence-corrected chi connectivity index (χ1v) is 8.59. The van der Waals surface area contributed by atoms with Gasteiger partial charge in [-0.2, -0.15) is 0 Å². The number of hydrogen-bond donors (Lipinski definition) is 0. The van der Waals surface area contributed by atoms with E-state index in [9.17, 15) is 13.6 Å². The van der Waals surface area contributed by atoms with E-state index in [0.717, 1.165) is 22.9 Å². The molecule has 3 nitrogen and oxygen atoms in total. The average Bonchev–Trinajstić information content (AvgIpc) is 2.78. The monoisotopic (exact) mass is 362 g/mol. The number of pyridine rings is 1. The summed E-state index contributed by atoms with van der Waals surface area (Å²) in [4.78, 5) is 21.3. The molecule has 0 unspecified atom stereocenters. The average molecular weight is 362 g/mol. The number of carbonyl (C=O) groups is 1. The van der Waals surface area contributed by atoms with E-state index in [1.807, 2.05) is 19.1 Å². The van der Waals surface area contributed by atoms with Crippen LogP contribution in [0.5, 0.6) is 0 Å². The van der Waals surface area contributed by atoms with Gasteiger partial charge in [0.05, 0.1) is 11.4 Å². The van der Waals surface area contributed by atoms with Gasteiger partial charge in [0.15, 0.2) is 0 Å². The zero-order valence-corrected chi connectivity index (χ0v) is 14.7. The molecule has 27 heavy (non-hydrogen) atoms. The van der Waals surface area contributed by atoms with Crippen LogP contribution in [0, 0.1) is 18.6 Å². The minimum absolute atomic E-state index is 0.0459. The van der Waals surface area contributed by atoms with E-state index in [1.54, 1.807) is 24.4 Å². The van der Waals surface area contributed by atoms with E-state index in [0.29, 0.717) is 22.5 Å². The molecule has 4 rings (SSSR count). The van der Waals surface area contributed by atoms with Gasteiger partial charge in [0, 0.05) is 30.8 Å². The third-order valence-electron chi connectivity index (χ3n) is 4.51. The number of halogens is 2. The van der Waals surface area contributed by atoms with Crippen LogP contribution in [0.1, 0.15) is 23.2 Å². The molecule has 0 saturated heterocycles. The molecule has 3 aromatic rings. The number of benzene rings is 2. The van der Waals surface area contributed by atoms with Crippen molar-refractivity contribution in [3.05, 3.63) is 83.2 Å². The van der Waals surface area contributed by atoms with Crippen LogP contribution in [0.4, 0.5) is 14.5 Å². The highest BCUT2D eigenvalue weighted by Gasteiger charge is 2.19. The normalized spacial score (nSPS) is 13.7. The molecule has 134 valence electrons. The van der Waals surface area contributed by atoms with Crippen molar-refractivity contribution in [2.75, 3.05) is 0 Å². The van der Waals surface area contributed by atoms with Crippen LogP contribution in [-0.2, 0) is 11.2 Å². The number of aryl methyl sites for hydroxylation is 1. The van der Waals surface area contributed by atoms with E-state index in [2.05, 4.69) is 4.98 Å². The van der Waals surface area contributed by atoms with Crippen molar-refractivity contribution in [3.8, 4) is 11.1 Å². The number of Topliss-reactive ketones (excluding diaryl/α,β-unsaturated/α-hetero) is 1. The van der Waals surface area contributed by atoms with Crippen LogP contribution in [0.25, 0.3) is 11.1 Å². The van der Waals surface area contributed by atoms with Gasteiger partial charge >= 0.3 is 0 Å². The Morgan fingerprint density at radius 1 is 0.852 bits per heavy atom. The van der Waals surface area contributed by atoms with Crippen molar-refractivity contribution in [1.82, 2.24) is 4.98 Å². The van der Waals surface area contributed by atoms with Crippen molar-refractivity contribution in [2.45, 2.75) is 19.8 Å². The van der Waals surface area contributed by atoms with Crippen molar-refractivity contribution in [2.24, 2.45) is 4.99 Å². The minimum Gasteiger partial charge on any atom is -0.299 e. The lowest BCUT2D eigenvalue weighted by atomic mass is 9.98. The van der Waals surface area contributed by atoms with Crippen LogP contribution in [0.3, 0.4) is 0 Å². The van der Waals surface area contributed by atoms with Crippen LogP contribution in [0.15, 0.2) is 59.7 Å². The summed E-state index contributed by atoms with van der Waals surface area (Å²) in [6.07, 6.45) is 2.17. The Balaban J connectivity index is 1.79. The maximum absolute atomic E-state index is 13.5. The largest absolute Gasteiger partial charge is 0.299 e. The van der Waals surface area contributed by atoms with Gasteiger partial charge in [0.2, 0.25) is 0 Å². The lowest BCUT2D eigenvalue weighted by Gasteiger charge is -2.08. The topological polar surface area (TPSA) is 42.3 Å². The summed E-state index contributed by atoms with van der Waals surface area (Å²) in [5.41, 5.74) is 4.97. The molecule has 5 heteroatoms. The fraction of sp³-hybridized carbons (Fsp3) is 0.136. The highest BCUT2D eigenvalue weighted by Crippen LogP contribution is 2.31. The highest BCUT2D eigenvalue weighted by atomic mass is 19.1. The molecule has 2 heterocycles. The molecule has 2 aromatic carbocycles. The van der Waals surface area contributed by atoms with Gasteiger partial charge in [0.25, 0.3) is 0 Å². The Bertz CT molecular complexity index is 1070. The number of nitrogens with zero attached hydrogens (tertiary/aromatic N) is 2. The minimum atomic E-state index is -0.635. The summed E-state index contributed by atoms with van der Waals surface area (Å²) in [5, 5.41) is 0. The molecule has 1 aliphatic heterocycles. The van der Waals surface area contributed by atoms with Gasteiger partial charge in [-0.25, -0.2) is 8.78 Å². The van der Waals surface area contributed by atoms with Crippen LogP contribution >= 0.6 is 0 Å². The molecule has 0 spiro atoms. The molecule has 0 aliphatic carbocycles. The first-order chi connectivity index (χ1) is 13.0. The molecule has 1 aliphatic rings. The summed E-state index contributed by atoms with van der Waals surface area (Å²) in [6, 6.07) is 12.5. The predicted molar refractivity (Wildman–Crippen MR) is 100 cm³/mol. The van der Waals surface area contributed by atoms with Crippen LogP contribution in [-0.4, -0.2) is 16.5 Å². The second-order valence-electron chi connectivity index (χ2n) is 6.64. The lowest BCUT2D eigenvalue weighted by molar-refractivity contribution is -0.117. The summed E-state index contributed by atoms with van der Waals surface area (Å²) >= 11 is 0. The molecular weight excluding hydrogens is 346 g/mol. The van der Waals surface area contributed by atoms with Crippen molar-refractivity contribution in [1.29, 1.82) is 0 Å². The van der Waals surface area contributed by atoms with Crippen LogP contribution in [0.2, 0.25) is 0 Å². The summed E-state index contributed by atoms with van der Waals surface area (Å²) in [7, 11) is 0. The SMILES string of the molecule is Cc1cc(C2=Nc3ccc(-c4cc(F)cc(F)c4)cc3CC(=O)C2)ccn1.